The predicted molar refractivity (Wildman–Crippen MR) is 80.5 cm³/mol. The highest BCUT2D eigenvalue weighted by Crippen LogP contribution is 2.19. The number of hydrogen-bond acceptors (Lipinski definition) is 6. The molecule has 1 aromatic heterocycles. The Balaban J connectivity index is 1.50. The summed E-state index contributed by atoms with van der Waals surface area (Å²) >= 11 is 0. The molecule has 3 heterocycles. The number of hydrogen-bond donors (Lipinski definition) is 1. The quantitative estimate of drug-likeness (QED) is 0.840. The Bertz CT molecular complexity index is 649. The van der Waals surface area contributed by atoms with E-state index in [-0.39, 0.29) is 23.6 Å². The van der Waals surface area contributed by atoms with E-state index in [1.54, 1.807) is 17.9 Å². The highest BCUT2D eigenvalue weighted by atomic mass is 32.2. The van der Waals surface area contributed by atoms with E-state index in [9.17, 15) is 13.2 Å². The molecular weight excluding hydrogens is 308 g/mol. The first-order valence-corrected chi connectivity index (χ1v) is 9.19. The van der Waals surface area contributed by atoms with Gasteiger partial charge in [0, 0.05) is 38.3 Å². The Kier molecular flexibility index (Phi) is 4.09. The van der Waals surface area contributed by atoms with Crippen LogP contribution in [-0.2, 0) is 9.84 Å². The molecule has 2 aliphatic rings. The molecule has 0 radical (unpaired) electrons. The zero-order valence-corrected chi connectivity index (χ0v) is 13.3. The lowest BCUT2D eigenvalue weighted by Gasteiger charge is -2.37. The molecule has 1 atom stereocenters. The van der Waals surface area contributed by atoms with Gasteiger partial charge in [-0.15, -0.1) is 0 Å². The van der Waals surface area contributed by atoms with Crippen molar-refractivity contribution >= 4 is 21.7 Å². The van der Waals surface area contributed by atoms with E-state index in [0.717, 1.165) is 0 Å². The third kappa shape index (κ3) is 3.41. The van der Waals surface area contributed by atoms with E-state index in [2.05, 4.69) is 15.4 Å². The third-order valence-electron chi connectivity index (χ3n) is 4.19. The number of nitrogens with zero attached hydrogens (tertiary/aromatic N) is 3. The average Bonchev–Trinajstić information content (AvgIpc) is 3.04. The summed E-state index contributed by atoms with van der Waals surface area (Å²) in [6.07, 6.45) is 0.701. The number of anilines is 1. The molecule has 1 unspecified atom stereocenters. The van der Waals surface area contributed by atoms with Crippen molar-refractivity contribution in [2.24, 2.45) is 0 Å². The van der Waals surface area contributed by atoms with Crippen LogP contribution in [0.2, 0.25) is 0 Å². The fourth-order valence-corrected chi connectivity index (χ4v) is 4.73. The second-order valence-electron chi connectivity index (χ2n) is 5.83. The molecule has 0 aromatic carbocycles. The summed E-state index contributed by atoms with van der Waals surface area (Å²) in [7, 11) is -2.87. The van der Waals surface area contributed by atoms with Crippen LogP contribution in [0.25, 0.3) is 0 Å². The zero-order chi connectivity index (χ0) is 15.7. The maximum Gasteiger partial charge on any atom is 0.323 e. The molecule has 9 heteroatoms. The van der Waals surface area contributed by atoms with Crippen molar-refractivity contribution in [1.29, 1.82) is 0 Å². The first-order valence-electron chi connectivity index (χ1n) is 7.37. The Labute approximate surface area is 129 Å². The SMILES string of the molecule is Cc1cc(NC(=O)N2CCN(C3CCS(=O)(=O)C3)CC2)no1. The summed E-state index contributed by atoms with van der Waals surface area (Å²) in [5.41, 5.74) is 0. The first-order chi connectivity index (χ1) is 10.4. The van der Waals surface area contributed by atoms with Crippen molar-refractivity contribution in [1.82, 2.24) is 15.0 Å². The summed E-state index contributed by atoms with van der Waals surface area (Å²) < 4.78 is 28.0. The van der Waals surface area contributed by atoms with Crippen LogP contribution in [-0.4, -0.2) is 73.1 Å². The molecule has 2 fully saturated rings. The summed E-state index contributed by atoms with van der Waals surface area (Å²) in [6, 6.07) is 1.57. The van der Waals surface area contributed by atoms with E-state index in [1.165, 1.54) is 0 Å². The average molecular weight is 328 g/mol. The molecule has 0 aliphatic carbocycles. The van der Waals surface area contributed by atoms with Crippen molar-refractivity contribution in [3.63, 3.8) is 0 Å². The van der Waals surface area contributed by atoms with Crippen molar-refractivity contribution in [3.8, 4) is 0 Å². The lowest BCUT2D eigenvalue weighted by molar-refractivity contribution is 0.121. The van der Waals surface area contributed by atoms with Gasteiger partial charge in [0.05, 0.1) is 11.5 Å². The van der Waals surface area contributed by atoms with Crippen LogP contribution >= 0.6 is 0 Å². The monoisotopic (exact) mass is 328 g/mol. The molecule has 0 saturated carbocycles. The summed E-state index contributed by atoms with van der Waals surface area (Å²) in [5.74, 6) is 1.58. The van der Waals surface area contributed by atoms with Crippen molar-refractivity contribution in [2.75, 3.05) is 43.0 Å². The lowest BCUT2D eigenvalue weighted by Crippen LogP contribution is -2.53. The van der Waals surface area contributed by atoms with E-state index in [1.807, 2.05) is 0 Å². The number of rotatable bonds is 2. The van der Waals surface area contributed by atoms with Gasteiger partial charge in [0.25, 0.3) is 0 Å². The van der Waals surface area contributed by atoms with Gasteiger partial charge in [-0.05, 0) is 13.3 Å². The van der Waals surface area contributed by atoms with Gasteiger partial charge in [0.2, 0.25) is 0 Å². The largest absolute Gasteiger partial charge is 0.360 e. The minimum Gasteiger partial charge on any atom is -0.360 e. The Hall–Kier alpha value is -1.61. The highest BCUT2D eigenvalue weighted by Gasteiger charge is 2.34. The molecule has 0 bridgehead atoms. The molecule has 2 aliphatic heterocycles. The van der Waals surface area contributed by atoms with Crippen molar-refractivity contribution in [2.45, 2.75) is 19.4 Å². The number of carbonyl (C=O) groups is 1. The summed E-state index contributed by atoms with van der Waals surface area (Å²) in [5, 5.41) is 6.43. The standard InChI is InChI=1S/C13H20N4O4S/c1-10-8-12(15-21-10)14-13(18)17-5-3-16(4-6-17)11-2-7-22(19,20)9-11/h8,11H,2-7,9H2,1H3,(H,14,15,18). The van der Waals surface area contributed by atoms with Gasteiger partial charge in [0.1, 0.15) is 5.76 Å². The van der Waals surface area contributed by atoms with Crippen LogP contribution in [0.15, 0.2) is 10.6 Å². The van der Waals surface area contributed by atoms with Gasteiger partial charge >= 0.3 is 6.03 Å². The number of urea groups is 1. The van der Waals surface area contributed by atoms with Gasteiger partial charge in [-0.3, -0.25) is 10.2 Å². The van der Waals surface area contributed by atoms with Gasteiger partial charge in [0.15, 0.2) is 15.7 Å². The maximum absolute atomic E-state index is 12.1. The molecule has 122 valence electrons. The lowest BCUT2D eigenvalue weighted by atomic mass is 10.2. The van der Waals surface area contributed by atoms with E-state index < -0.39 is 9.84 Å². The van der Waals surface area contributed by atoms with Crippen LogP contribution < -0.4 is 5.32 Å². The topological polar surface area (TPSA) is 95.8 Å². The molecule has 1 aromatic rings. The Morgan fingerprint density at radius 2 is 2.09 bits per heavy atom. The van der Waals surface area contributed by atoms with Crippen molar-refractivity contribution in [3.05, 3.63) is 11.8 Å². The maximum atomic E-state index is 12.1. The number of sulfone groups is 1. The van der Waals surface area contributed by atoms with E-state index in [0.29, 0.717) is 44.2 Å². The molecule has 0 spiro atoms. The number of piperazine rings is 1. The van der Waals surface area contributed by atoms with Gasteiger partial charge < -0.3 is 9.42 Å². The van der Waals surface area contributed by atoms with Crippen molar-refractivity contribution < 1.29 is 17.7 Å². The van der Waals surface area contributed by atoms with Crippen LogP contribution in [0, 0.1) is 6.92 Å². The molecule has 22 heavy (non-hydrogen) atoms. The number of carbonyl (C=O) groups excluding carboxylic acids is 1. The second kappa shape index (κ2) is 5.88. The van der Waals surface area contributed by atoms with Crippen LogP contribution in [0.1, 0.15) is 12.2 Å². The van der Waals surface area contributed by atoms with E-state index in [4.69, 9.17) is 4.52 Å². The second-order valence-corrected chi connectivity index (χ2v) is 8.06. The number of aryl methyl sites for hydroxylation is 1. The molecule has 1 N–H and O–H groups in total. The summed E-state index contributed by atoms with van der Waals surface area (Å²) in [4.78, 5) is 16.0. The van der Waals surface area contributed by atoms with Crippen LogP contribution in [0.5, 0.6) is 0 Å². The highest BCUT2D eigenvalue weighted by molar-refractivity contribution is 7.91. The smallest absolute Gasteiger partial charge is 0.323 e. The van der Waals surface area contributed by atoms with E-state index >= 15 is 0 Å². The number of nitrogens with one attached hydrogen (secondary N) is 1. The predicted octanol–water partition coefficient (Wildman–Crippen LogP) is 0.320. The fraction of sp³-hybridized carbons (Fsp3) is 0.692. The molecule has 2 saturated heterocycles. The Morgan fingerprint density at radius 1 is 1.36 bits per heavy atom. The zero-order valence-electron chi connectivity index (χ0n) is 12.5. The first kappa shape index (κ1) is 15.3. The summed E-state index contributed by atoms with van der Waals surface area (Å²) in [6.45, 7) is 4.33. The Morgan fingerprint density at radius 3 is 2.64 bits per heavy atom. The fourth-order valence-electron chi connectivity index (χ4n) is 2.97. The molecule has 3 rings (SSSR count). The van der Waals surface area contributed by atoms with Gasteiger partial charge in [-0.1, -0.05) is 5.16 Å². The normalized spacial score (nSPS) is 25.3. The van der Waals surface area contributed by atoms with Gasteiger partial charge in [-0.2, -0.15) is 0 Å². The van der Waals surface area contributed by atoms with Crippen LogP contribution in [0.4, 0.5) is 10.6 Å². The van der Waals surface area contributed by atoms with Gasteiger partial charge in [-0.25, -0.2) is 13.2 Å². The molecule has 2 amide bonds. The molecular formula is C13H20N4O4S. The minimum atomic E-state index is -2.87. The van der Waals surface area contributed by atoms with Crippen LogP contribution in [0.3, 0.4) is 0 Å². The third-order valence-corrected chi connectivity index (χ3v) is 5.94. The minimum absolute atomic E-state index is 0.105. The molecule has 8 nitrogen and oxygen atoms in total. The number of aromatic nitrogens is 1. The number of amides is 2.